The second-order valence-corrected chi connectivity index (χ2v) is 7.60. The maximum atomic E-state index is 11.7. The topological polar surface area (TPSA) is 80.6 Å². The Hall–Kier alpha value is -2.41. The van der Waals surface area contributed by atoms with E-state index in [0.717, 1.165) is 24.0 Å². The number of allylic oxidation sites excluding steroid dienone is 4. The number of carbonyl (C=O) groups excluding carboxylic acids is 1. The van der Waals surface area contributed by atoms with E-state index in [4.69, 9.17) is 0 Å². The molecule has 154 valence electrons. The Morgan fingerprint density at radius 1 is 1.03 bits per heavy atom. The van der Waals surface area contributed by atoms with E-state index in [1.54, 1.807) is 0 Å². The zero-order chi connectivity index (χ0) is 21.4. The number of aryl methyl sites for hydroxylation is 2. The van der Waals surface area contributed by atoms with Gasteiger partial charge in [-0.2, -0.15) is 0 Å². The van der Waals surface area contributed by atoms with Crippen molar-refractivity contribution < 1.29 is 39.0 Å². The first kappa shape index (κ1) is 25.6. The molecule has 0 aliphatic carbocycles. The smallest absolute Gasteiger partial charge is 0.545 e. The van der Waals surface area contributed by atoms with Gasteiger partial charge in [0.15, 0.2) is 0 Å². The predicted molar refractivity (Wildman–Crippen MR) is 114 cm³/mol. The van der Waals surface area contributed by atoms with Crippen molar-refractivity contribution in [3.8, 4) is 11.5 Å². The maximum Gasteiger partial charge on any atom is 1.00 e. The van der Waals surface area contributed by atoms with E-state index in [-0.39, 0.29) is 42.2 Å². The van der Waals surface area contributed by atoms with Crippen LogP contribution in [0.25, 0.3) is 0 Å². The van der Waals surface area contributed by atoms with Gasteiger partial charge in [-0.15, -0.1) is 0 Å². The second-order valence-electron chi connectivity index (χ2n) is 7.60. The van der Waals surface area contributed by atoms with E-state index in [2.05, 4.69) is 19.9 Å². The van der Waals surface area contributed by atoms with Crippen LogP contribution in [0.15, 0.2) is 59.7 Å². The standard InChI is InChI=1S/C25H30O4.Li/c1-17(2)8-7-9-18(3)12-15-21-22(26)16-20(23(24(21)27)25(28)29)14-13-19-10-5-4-6-11-19;/h4-6,8,10-12,16,26-27H,7,9,13-15H2,1-3H3,(H,28,29);/q;+1/p-1/b18-12+;. The van der Waals surface area contributed by atoms with E-state index in [0.29, 0.717) is 18.4 Å². The van der Waals surface area contributed by atoms with Crippen LogP contribution < -0.4 is 24.0 Å². The third kappa shape index (κ3) is 7.44. The van der Waals surface area contributed by atoms with Gasteiger partial charge in [0.1, 0.15) is 11.5 Å². The molecule has 0 aromatic heterocycles. The van der Waals surface area contributed by atoms with Crippen LogP contribution in [0.4, 0.5) is 0 Å². The summed E-state index contributed by atoms with van der Waals surface area (Å²) in [5.74, 6) is -1.93. The van der Waals surface area contributed by atoms with Crippen LogP contribution in [0.1, 0.15) is 60.7 Å². The number of aromatic hydroxyl groups is 2. The molecule has 2 aromatic rings. The van der Waals surface area contributed by atoms with Crippen LogP contribution in [-0.2, 0) is 19.3 Å². The molecule has 4 nitrogen and oxygen atoms in total. The fraction of sp³-hybridized carbons (Fsp3) is 0.320. The van der Waals surface area contributed by atoms with Crippen LogP contribution >= 0.6 is 0 Å². The minimum absolute atomic E-state index is 0. The van der Waals surface area contributed by atoms with Gasteiger partial charge in [-0.05, 0) is 70.1 Å². The van der Waals surface area contributed by atoms with Gasteiger partial charge in [0.2, 0.25) is 0 Å². The molecule has 0 radical (unpaired) electrons. The number of phenolic OH excluding ortho intramolecular Hbond substituents is 1. The van der Waals surface area contributed by atoms with Gasteiger partial charge in [-0.3, -0.25) is 0 Å². The van der Waals surface area contributed by atoms with Crippen molar-refractivity contribution >= 4 is 5.97 Å². The Kier molecular flexibility index (Phi) is 10.5. The molecule has 0 aliphatic rings. The number of aromatic carboxylic acids is 1. The fourth-order valence-corrected chi connectivity index (χ4v) is 3.27. The van der Waals surface area contributed by atoms with Crippen molar-refractivity contribution in [2.24, 2.45) is 0 Å². The third-order valence-corrected chi connectivity index (χ3v) is 4.94. The van der Waals surface area contributed by atoms with Gasteiger partial charge in [0.25, 0.3) is 0 Å². The third-order valence-electron chi connectivity index (χ3n) is 4.94. The molecule has 0 saturated carbocycles. The van der Waals surface area contributed by atoms with Crippen molar-refractivity contribution in [3.05, 3.63) is 82.0 Å². The molecule has 0 saturated heterocycles. The average molecular weight is 400 g/mol. The molecule has 0 atom stereocenters. The summed E-state index contributed by atoms with van der Waals surface area (Å²) in [7, 11) is 0. The number of hydrogen-bond acceptors (Lipinski definition) is 4. The molecule has 5 heteroatoms. The summed E-state index contributed by atoms with van der Waals surface area (Å²) in [6.45, 7) is 6.09. The van der Waals surface area contributed by atoms with Crippen molar-refractivity contribution in [1.29, 1.82) is 0 Å². The molecular weight excluding hydrogens is 371 g/mol. The van der Waals surface area contributed by atoms with Crippen molar-refractivity contribution in [2.75, 3.05) is 0 Å². The van der Waals surface area contributed by atoms with Gasteiger partial charge in [0.05, 0.1) is 5.97 Å². The summed E-state index contributed by atoms with van der Waals surface area (Å²) in [5.41, 5.74) is 3.78. The average Bonchev–Trinajstić information content (AvgIpc) is 2.66. The molecule has 0 amide bonds. The molecular formula is C25H29LiO4. The summed E-state index contributed by atoms with van der Waals surface area (Å²) < 4.78 is 0. The first-order chi connectivity index (χ1) is 13.8. The zero-order valence-electron chi connectivity index (χ0n) is 18.4. The Morgan fingerprint density at radius 3 is 2.30 bits per heavy atom. The maximum absolute atomic E-state index is 11.7. The summed E-state index contributed by atoms with van der Waals surface area (Å²) in [6.07, 6.45) is 7.10. The van der Waals surface area contributed by atoms with Crippen LogP contribution in [0.3, 0.4) is 0 Å². The minimum Gasteiger partial charge on any atom is -0.545 e. The quantitative estimate of drug-likeness (QED) is 0.494. The number of carboxylic acids is 1. The normalized spacial score (nSPS) is 11.0. The van der Waals surface area contributed by atoms with Crippen LogP contribution in [-0.4, -0.2) is 16.2 Å². The zero-order valence-corrected chi connectivity index (χ0v) is 18.4. The van der Waals surface area contributed by atoms with Crippen LogP contribution in [0.5, 0.6) is 11.5 Å². The molecule has 2 aromatic carbocycles. The first-order valence-electron chi connectivity index (χ1n) is 9.90. The number of carboxylic acid groups (broad SMARTS) is 1. The summed E-state index contributed by atoms with van der Waals surface area (Å²) in [6, 6.07) is 11.1. The summed E-state index contributed by atoms with van der Waals surface area (Å²) in [4.78, 5) is 11.7. The SMILES string of the molecule is CC(C)=CCC/C(C)=C/Cc1c(O)cc(CCc2ccccc2)c(C(=O)[O-])c1O.[Li+]. The summed E-state index contributed by atoms with van der Waals surface area (Å²) >= 11 is 0. The fourth-order valence-electron chi connectivity index (χ4n) is 3.27. The van der Waals surface area contributed by atoms with E-state index >= 15 is 0 Å². The number of rotatable bonds is 9. The molecule has 0 bridgehead atoms. The van der Waals surface area contributed by atoms with E-state index in [9.17, 15) is 20.1 Å². The van der Waals surface area contributed by atoms with Crippen molar-refractivity contribution in [3.63, 3.8) is 0 Å². The van der Waals surface area contributed by atoms with Crippen molar-refractivity contribution in [2.45, 2.75) is 52.9 Å². The van der Waals surface area contributed by atoms with E-state index in [1.165, 1.54) is 11.6 Å². The molecule has 0 spiro atoms. The molecule has 30 heavy (non-hydrogen) atoms. The van der Waals surface area contributed by atoms with E-state index in [1.807, 2.05) is 43.3 Å². The minimum atomic E-state index is -1.43. The van der Waals surface area contributed by atoms with Crippen LogP contribution in [0, 0.1) is 0 Å². The second kappa shape index (κ2) is 12.3. The Bertz CT molecular complexity index is 910. The van der Waals surface area contributed by atoms with Gasteiger partial charge < -0.3 is 20.1 Å². The molecule has 2 rings (SSSR count). The Morgan fingerprint density at radius 2 is 1.70 bits per heavy atom. The van der Waals surface area contributed by atoms with Gasteiger partial charge in [0, 0.05) is 11.1 Å². The molecule has 0 fully saturated rings. The van der Waals surface area contributed by atoms with Gasteiger partial charge >= 0.3 is 18.9 Å². The Labute approximate surface area is 191 Å². The molecule has 0 unspecified atom stereocenters. The molecule has 2 N–H and O–H groups in total. The van der Waals surface area contributed by atoms with Gasteiger partial charge in [-0.25, -0.2) is 0 Å². The van der Waals surface area contributed by atoms with Crippen molar-refractivity contribution in [1.82, 2.24) is 0 Å². The van der Waals surface area contributed by atoms with Gasteiger partial charge in [-0.1, -0.05) is 53.6 Å². The Balaban J connectivity index is 0.00000450. The molecule has 0 aliphatic heterocycles. The summed E-state index contributed by atoms with van der Waals surface area (Å²) in [5, 5.41) is 32.7. The molecule has 0 heterocycles. The first-order valence-corrected chi connectivity index (χ1v) is 9.90. The monoisotopic (exact) mass is 400 g/mol. The number of hydrogen-bond donors (Lipinski definition) is 2. The number of phenols is 2. The largest absolute Gasteiger partial charge is 1.00 e. The number of benzene rings is 2. The predicted octanol–water partition coefficient (Wildman–Crippen LogP) is 1.49. The van der Waals surface area contributed by atoms with E-state index < -0.39 is 11.7 Å². The van der Waals surface area contributed by atoms with Crippen LogP contribution in [0.2, 0.25) is 0 Å². The number of carbonyl (C=O) groups is 1.